The Labute approximate surface area is 158 Å². The number of nitrogens with zero attached hydrogens (tertiary/aromatic N) is 1. The number of benzene rings is 1. The largest absolute Gasteiger partial charge is 0.493 e. The maximum Gasteiger partial charge on any atom is 0.326 e. The van der Waals surface area contributed by atoms with Crippen molar-refractivity contribution in [1.82, 2.24) is 10.2 Å². The van der Waals surface area contributed by atoms with Crippen molar-refractivity contribution in [3.8, 4) is 5.75 Å². The molecular formula is C19H26N2O6. The van der Waals surface area contributed by atoms with E-state index < -0.39 is 12.0 Å². The van der Waals surface area contributed by atoms with Gasteiger partial charge in [0.05, 0.1) is 18.3 Å². The van der Waals surface area contributed by atoms with Gasteiger partial charge in [0.1, 0.15) is 11.8 Å². The molecule has 2 N–H and O–H groups in total. The van der Waals surface area contributed by atoms with E-state index in [1.54, 1.807) is 24.3 Å². The summed E-state index contributed by atoms with van der Waals surface area (Å²) < 4.78 is 10.6. The van der Waals surface area contributed by atoms with Crippen molar-refractivity contribution in [2.75, 3.05) is 26.8 Å². The third kappa shape index (κ3) is 5.43. The van der Waals surface area contributed by atoms with E-state index in [0.717, 1.165) is 0 Å². The number of carboxylic acid groups (broad SMARTS) is 1. The second-order valence-electron chi connectivity index (χ2n) is 6.28. The van der Waals surface area contributed by atoms with Crippen LogP contribution in [0.3, 0.4) is 0 Å². The molecule has 2 atom stereocenters. The van der Waals surface area contributed by atoms with E-state index in [1.807, 2.05) is 6.92 Å². The van der Waals surface area contributed by atoms with Crippen molar-refractivity contribution in [2.24, 2.45) is 0 Å². The second-order valence-corrected chi connectivity index (χ2v) is 6.28. The number of carboxylic acids is 1. The predicted molar refractivity (Wildman–Crippen MR) is 97.7 cm³/mol. The first-order valence-corrected chi connectivity index (χ1v) is 9.03. The number of hydrogen-bond donors (Lipinski definition) is 2. The molecule has 1 aliphatic rings. The van der Waals surface area contributed by atoms with Crippen LogP contribution in [0.4, 0.5) is 0 Å². The number of aliphatic carboxylic acids is 1. The van der Waals surface area contributed by atoms with Gasteiger partial charge in [-0.3, -0.25) is 9.59 Å². The molecule has 1 aliphatic heterocycles. The molecule has 148 valence electrons. The van der Waals surface area contributed by atoms with Gasteiger partial charge in [0.2, 0.25) is 5.91 Å². The summed E-state index contributed by atoms with van der Waals surface area (Å²) in [6.45, 7) is 2.89. The monoisotopic (exact) mass is 378 g/mol. The van der Waals surface area contributed by atoms with Gasteiger partial charge < -0.3 is 24.8 Å². The van der Waals surface area contributed by atoms with Crippen LogP contribution in [-0.2, 0) is 14.3 Å². The van der Waals surface area contributed by atoms with Crippen molar-refractivity contribution in [1.29, 1.82) is 0 Å². The van der Waals surface area contributed by atoms with Crippen molar-refractivity contribution < 1.29 is 29.0 Å². The van der Waals surface area contributed by atoms with Crippen LogP contribution in [0.25, 0.3) is 0 Å². The lowest BCUT2D eigenvalue weighted by Gasteiger charge is -2.21. The van der Waals surface area contributed by atoms with E-state index in [9.17, 15) is 19.5 Å². The van der Waals surface area contributed by atoms with E-state index in [2.05, 4.69) is 5.32 Å². The fourth-order valence-corrected chi connectivity index (χ4v) is 3.09. The van der Waals surface area contributed by atoms with Crippen molar-refractivity contribution in [3.63, 3.8) is 0 Å². The fraction of sp³-hybridized carbons (Fsp3) is 0.526. The molecule has 0 bridgehead atoms. The van der Waals surface area contributed by atoms with Gasteiger partial charge in [0.25, 0.3) is 5.91 Å². The standard InChI is InChI=1S/C19H26N2O6/c1-3-27-16-8-5-4-7-14(16)18(23)20-10-6-9-17(22)21-12-13(26-2)11-15(21)19(24)25/h4-5,7-8,13,15H,3,6,9-12H2,1-2H3,(H,20,23)(H,24,25). The van der Waals surface area contributed by atoms with E-state index in [4.69, 9.17) is 9.47 Å². The summed E-state index contributed by atoms with van der Waals surface area (Å²) in [5, 5.41) is 12.0. The van der Waals surface area contributed by atoms with E-state index in [0.29, 0.717) is 37.3 Å². The molecular weight excluding hydrogens is 352 g/mol. The molecule has 27 heavy (non-hydrogen) atoms. The summed E-state index contributed by atoms with van der Waals surface area (Å²) in [7, 11) is 1.51. The SMILES string of the molecule is CCOc1ccccc1C(=O)NCCCC(=O)N1CC(OC)CC1C(=O)O. The fourth-order valence-electron chi connectivity index (χ4n) is 3.09. The molecule has 0 aromatic heterocycles. The van der Waals surface area contributed by atoms with E-state index in [-0.39, 0.29) is 30.9 Å². The summed E-state index contributed by atoms with van der Waals surface area (Å²) >= 11 is 0. The number of methoxy groups -OCH3 is 1. The Kier molecular flexibility index (Phi) is 7.60. The van der Waals surface area contributed by atoms with Crippen LogP contribution in [0.5, 0.6) is 5.75 Å². The van der Waals surface area contributed by atoms with E-state index >= 15 is 0 Å². The quantitative estimate of drug-likeness (QED) is 0.628. The number of carbonyl (C=O) groups excluding carboxylic acids is 2. The van der Waals surface area contributed by atoms with Crippen LogP contribution < -0.4 is 10.1 Å². The van der Waals surface area contributed by atoms with Gasteiger partial charge in [-0.2, -0.15) is 0 Å². The first kappa shape index (κ1) is 20.7. The molecule has 0 radical (unpaired) electrons. The second kappa shape index (κ2) is 9.91. The smallest absolute Gasteiger partial charge is 0.326 e. The lowest BCUT2D eigenvalue weighted by Crippen LogP contribution is -2.40. The number of carbonyl (C=O) groups is 3. The van der Waals surface area contributed by atoms with Gasteiger partial charge >= 0.3 is 5.97 Å². The summed E-state index contributed by atoms with van der Waals surface area (Å²) in [5.74, 6) is -1.02. The van der Waals surface area contributed by atoms with Crippen LogP contribution in [0, 0.1) is 0 Å². The normalized spacial score (nSPS) is 19.0. The topological polar surface area (TPSA) is 105 Å². The molecule has 0 saturated carbocycles. The number of hydrogen-bond acceptors (Lipinski definition) is 5. The maximum atomic E-state index is 12.3. The highest BCUT2D eigenvalue weighted by Gasteiger charge is 2.39. The number of likely N-dealkylation sites (tertiary alicyclic amines) is 1. The van der Waals surface area contributed by atoms with Gasteiger partial charge in [-0.15, -0.1) is 0 Å². The average molecular weight is 378 g/mol. The highest BCUT2D eigenvalue weighted by Crippen LogP contribution is 2.21. The van der Waals surface area contributed by atoms with Gasteiger partial charge in [0, 0.05) is 33.0 Å². The third-order valence-electron chi connectivity index (χ3n) is 4.49. The minimum atomic E-state index is -1.02. The Morgan fingerprint density at radius 3 is 2.70 bits per heavy atom. The number of para-hydroxylation sites is 1. The number of rotatable bonds is 9. The lowest BCUT2D eigenvalue weighted by atomic mass is 10.1. The summed E-state index contributed by atoms with van der Waals surface area (Å²) in [4.78, 5) is 37.3. The number of nitrogens with one attached hydrogen (secondary N) is 1. The lowest BCUT2D eigenvalue weighted by molar-refractivity contribution is -0.148. The first-order valence-electron chi connectivity index (χ1n) is 9.03. The molecule has 1 aromatic rings. The number of amides is 2. The summed E-state index contributed by atoms with van der Waals surface area (Å²) in [6.07, 6.45) is 0.614. The Balaban J connectivity index is 1.82. The number of ether oxygens (including phenoxy) is 2. The van der Waals surface area contributed by atoms with Crippen LogP contribution in [0.15, 0.2) is 24.3 Å². The molecule has 8 nitrogen and oxygen atoms in total. The Morgan fingerprint density at radius 1 is 1.30 bits per heavy atom. The summed E-state index contributed by atoms with van der Waals surface area (Å²) in [6, 6.07) is 6.11. The van der Waals surface area contributed by atoms with Gasteiger partial charge in [-0.1, -0.05) is 12.1 Å². The van der Waals surface area contributed by atoms with E-state index in [1.165, 1.54) is 12.0 Å². The molecule has 0 spiro atoms. The highest BCUT2D eigenvalue weighted by atomic mass is 16.5. The molecule has 2 rings (SSSR count). The zero-order chi connectivity index (χ0) is 19.8. The summed E-state index contributed by atoms with van der Waals surface area (Å²) in [5.41, 5.74) is 0.444. The van der Waals surface area contributed by atoms with Crippen molar-refractivity contribution >= 4 is 17.8 Å². The minimum Gasteiger partial charge on any atom is -0.493 e. The third-order valence-corrected chi connectivity index (χ3v) is 4.49. The van der Waals surface area contributed by atoms with Gasteiger partial charge in [-0.25, -0.2) is 4.79 Å². The maximum absolute atomic E-state index is 12.3. The first-order chi connectivity index (χ1) is 13.0. The molecule has 1 aromatic carbocycles. The Morgan fingerprint density at radius 2 is 2.04 bits per heavy atom. The van der Waals surface area contributed by atoms with Crippen LogP contribution >= 0.6 is 0 Å². The van der Waals surface area contributed by atoms with Crippen LogP contribution in [0.1, 0.15) is 36.5 Å². The zero-order valence-corrected chi connectivity index (χ0v) is 15.6. The molecule has 1 heterocycles. The van der Waals surface area contributed by atoms with Gasteiger partial charge in [0.15, 0.2) is 0 Å². The highest BCUT2D eigenvalue weighted by molar-refractivity contribution is 5.96. The zero-order valence-electron chi connectivity index (χ0n) is 15.6. The predicted octanol–water partition coefficient (Wildman–Crippen LogP) is 1.30. The molecule has 8 heteroatoms. The van der Waals surface area contributed by atoms with Crippen molar-refractivity contribution in [3.05, 3.63) is 29.8 Å². The molecule has 0 aliphatic carbocycles. The molecule has 2 unspecified atom stereocenters. The van der Waals surface area contributed by atoms with Crippen molar-refractivity contribution in [2.45, 2.75) is 38.3 Å². The Hall–Kier alpha value is -2.61. The molecule has 1 saturated heterocycles. The average Bonchev–Trinajstić information content (AvgIpc) is 3.10. The van der Waals surface area contributed by atoms with Gasteiger partial charge in [-0.05, 0) is 25.5 Å². The molecule has 2 amide bonds. The molecule has 1 fully saturated rings. The minimum absolute atomic E-state index is 0.160. The van der Waals surface area contributed by atoms with Crippen LogP contribution in [0.2, 0.25) is 0 Å². The Bertz CT molecular complexity index is 678. The van der Waals surface area contributed by atoms with Crippen LogP contribution in [-0.4, -0.2) is 66.7 Å².